The van der Waals surface area contributed by atoms with Crippen molar-refractivity contribution in [2.75, 3.05) is 19.6 Å². The van der Waals surface area contributed by atoms with Gasteiger partial charge >= 0.3 is 12.0 Å². The maximum atomic E-state index is 12.3. The second kappa shape index (κ2) is 5.60. The number of hydrogen-bond donors (Lipinski definition) is 2. The van der Waals surface area contributed by atoms with Gasteiger partial charge < -0.3 is 15.3 Å². The molecule has 2 heterocycles. The molecule has 0 bridgehead atoms. The van der Waals surface area contributed by atoms with Gasteiger partial charge in [-0.2, -0.15) is 0 Å². The van der Waals surface area contributed by atoms with Gasteiger partial charge in [-0.15, -0.1) is 0 Å². The van der Waals surface area contributed by atoms with Crippen LogP contribution in [0.3, 0.4) is 0 Å². The number of carbonyl (C=O) groups excluding carboxylic acids is 1. The molecule has 20 heavy (non-hydrogen) atoms. The molecule has 3 fully saturated rings. The van der Waals surface area contributed by atoms with Gasteiger partial charge in [-0.05, 0) is 38.6 Å². The normalized spacial score (nSPS) is 29.8. The Hall–Kier alpha value is -1.30. The first-order chi connectivity index (χ1) is 9.65. The van der Waals surface area contributed by atoms with Crippen molar-refractivity contribution >= 4 is 12.0 Å². The highest BCUT2D eigenvalue weighted by Crippen LogP contribution is 2.29. The number of hydrogen-bond acceptors (Lipinski definition) is 3. The number of carboxylic acid groups (broad SMARTS) is 1. The highest BCUT2D eigenvalue weighted by atomic mass is 16.4. The molecule has 2 amide bonds. The van der Waals surface area contributed by atoms with Crippen molar-refractivity contribution in [3.05, 3.63) is 0 Å². The van der Waals surface area contributed by atoms with E-state index in [1.165, 1.54) is 17.7 Å². The van der Waals surface area contributed by atoms with E-state index < -0.39 is 5.97 Å². The van der Waals surface area contributed by atoms with E-state index in [0.717, 1.165) is 38.8 Å². The van der Waals surface area contributed by atoms with Gasteiger partial charge in [0.05, 0.1) is 0 Å². The molecule has 0 aromatic heterocycles. The molecule has 0 radical (unpaired) electrons. The van der Waals surface area contributed by atoms with Crippen LogP contribution < -0.4 is 5.32 Å². The number of aliphatic carboxylic acids is 1. The molecule has 2 atom stereocenters. The number of carbonyl (C=O) groups is 2. The van der Waals surface area contributed by atoms with Crippen molar-refractivity contribution in [2.24, 2.45) is 0 Å². The van der Waals surface area contributed by atoms with Gasteiger partial charge in [-0.3, -0.25) is 9.69 Å². The predicted octanol–water partition coefficient (Wildman–Crippen LogP) is 0.872. The number of rotatable bonds is 4. The molecule has 2 aliphatic heterocycles. The third-order valence-corrected chi connectivity index (χ3v) is 4.72. The van der Waals surface area contributed by atoms with Gasteiger partial charge in [0, 0.05) is 24.7 Å². The minimum Gasteiger partial charge on any atom is -0.480 e. The molecular formula is C14H23N3O3. The highest BCUT2D eigenvalue weighted by molar-refractivity contribution is 5.81. The first-order valence-electron chi connectivity index (χ1n) is 7.68. The summed E-state index contributed by atoms with van der Waals surface area (Å²) in [4.78, 5) is 27.2. The lowest BCUT2D eigenvalue weighted by atomic mass is 9.99. The number of amides is 2. The molecule has 0 aromatic rings. The average molecular weight is 281 g/mol. The lowest BCUT2D eigenvalue weighted by Gasteiger charge is -2.33. The second-order valence-electron chi connectivity index (χ2n) is 6.20. The Morgan fingerprint density at radius 1 is 1.15 bits per heavy atom. The molecule has 2 N–H and O–H groups in total. The quantitative estimate of drug-likeness (QED) is 0.802. The monoisotopic (exact) mass is 281 g/mol. The van der Waals surface area contributed by atoms with Gasteiger partial charge in [0.15, 0.2) is 0 Å². The standard InChI is InChI=1S/C14H23N3O3/c18-13(19)9-17(10-4-5-10)14(20)15-11-6-8-16-7-2-1-3-12(11)16/h10-12H,1-9H2,(H,15,20)(H,18,19). The van der Waals surface area contributed by atoms with E-state index in [9.17, 15) is 9.59 Å². The summed E-state index contributed by atoms with van der Waals surface area (Å²) in [5.74, 6) is -0.933. The highest BCUT2D eigenvalue weighted by Gasteiger charge is 2.39. The zero-order chi connectivity index (χ0) is 14.1. The van der Waals surface area contributed by atoms with E-state index in [2.05, 4.69) is 10.2 Å². The zero-order valence-corrected chi connectivity index (χ0v) is 11.8. The van der Waals surface area contributed by atoms with Crippen LogP contribution in [0.25, 0.3) is 0 Å². The number of nitrogens with one attached hydrogen (secondary N) is 1. The van der Waals surface area contributed by atoms with Gasteiger partial charge in [-0.1, -0.05) is 6.42 Å². The second-order valence-corrected chi connectivity index (χ2v) is 6.20. The van der Waals surface area contributed by atoms with E-state index in [1.54, 1.807) is 0 Å². The topological polar surface area (TPSA) is 72.9 Å². The number of urea groups is 1. The first kappa shape index (κ1) is 13.7. The largest absolute Gasteiger partial charge is 0.480 e. The summed E-state index contributed by atoms with van der Waals surface area (Å²) in [7, 11) is 0. The van der Waals surface area contributed by atoms with Gasteiger partial charge in [0.1, 0.15) is 6.54 Å². The van der Waals surface area contributed by atoms with E-state index in [1.807, 2.05) is 0 Å². The number of carboxylic acids is 1. The summed E-state index contributed by atoms with van der Waals surface area (Å²) in [5, 5.41) is 12.0. The molecule has 6 heteroatoms. The third kappa shape index (κ3) is 2.90. The Balaban J connectivity index is 1.58. The summed E-state index contributed by atoms with van der Waals surface area (Å²) in [6.07, 6.45) is 6.48. The van der Waals surface area contributed by atoms with Crippen LogP contribution >= 0.6 is 0 Å². The molecular weight excluding hydrogens is 258 g/mol. The maximum Gasteiger partial charge on any atom is 0.323 e. The van der Waals surface area contributed by atoms with Crippen molar-refractivity contribution in [3.63, 3.8) is 0 Å². The van der Waals surface area contributed by atoms with Crippen LogP contribution in [0, 0.1) is 0 Å². The van der Waals surface area contributed by atoms with E-state index in [0.29, 0.717) is 6.04 Å². The number of fused-ring (bicyclic) bond motifs is 1. The molecule has 2 saturated heterocycles. The maximum absolute atomic E-state index is 12.3. The van der Waals surface area contributed by atoms with Crippen LogP contribution in [-0.4, -0.2) is 64.7 Å². The van der Waals surface area contributed by atoms with Crippen molar-refractivity contribution < 1.29 is 14.7 Å². The summed E-state index contributed by atoms with van der Waals surface area (Å²) in [6, 6.07) is 0.596. The van der Waals surface area contributed by atoms with Crippen molar-refractivity contribution in [1.82, 2.24) is 15.1 Å². The lowest BCUT2D eigenvalue weighted by Crippen LogP contribution is -2.52. The molecule has 6 nitrogen and oxygen atoms in total. The molecule has 1 aliphatic carbocycles. The minimum atomic E-state index is -0.933. The molecule has 0 aromatic carbocycles. The molecule has 112 valence electrons. The predicted molar refractivity (Wildman–Crippen MR) is 73.5 cm³/mol. The molecule has 0 spiro atoms. The summed E-state index contributed by atoms with van der Waals surface area (Å²) >= 11 is 0. The van der Waals surface area contributed by atoms with E-state index >= 15 is 0 Å². The Bertz CT molecular complexity index is 397. The van der Waals surface area contributed by atoms with Crippen LogP contribution in [0.1, 0.15) is 38.5 Å². The van der Waals surface area contributed by atoms with Gasteiger partial charge in [0.2, 0.25) is 0 Å². The van der Waals surface area contributed by atoms with Crippen molar-refractivity contribution in [1.29, 1.82) is 0 Å². The van der Waals surface area contributed by atoms with Crippen LogP contribution in [0.2, 0.25) is 0 Å². The fourth-order valence-corrected chi connectivity index (χ4v) is 3.56. The van der Waals surface area contributed by atoms with Gasteiger partial charge in [-0.25, -0.2) is 4.79 Å². The number of nitrogens with zero attached hydrogens (tertiary/aromatic N) is 2. The Kier molecular flexibility index (Phi) is 3.83. The van der Waals surface area contributed by atoms with Crippen molar-refractivity contribution in [3.8, 4) is 0 Å². The number of piperidine rings is 1. The fraction of sp³-hybridized carbons (Fsp3) is 0.857. The Morgan fingerprint density at radius 3 is 2.65 bits per heavy atom. The molecule has 1 saturated carbocycles. The third-order valence-electron chi connectivity index (χ3n) is 4.72. The zero-order valence-electron chi connectivity index (χ0n) is 11.8. The van der Waals surface area contributed by atoms with E-state index in [4.69, 9.17) is 5.11 Å². The van der Waals surface area contributed by atoms with Crippen molar-refractivity contribution in [2.45, 2.75) is 56.7 Å². The Labute approximate surface area is 119 Å². The van der Waals surface area contributed by atoms with Crippen LogP contribution in [0.4, 0.5) is 4.79 Å². The molecule has 3 aliphatic rings. The Morgan fingerprint density at radius 2 is 1.95 bits per heavy atom. The van der Waals surface area contributed by atoms with Gasteiger partial charge in [0.25, 0.3) is 0 Å². The van der Waals surface area contributed by atoms with Crippen LogP contribution in [0.15, 0.2) is 0 Å². The molecule has 3 rings (SSSR count). The smallest absolute Gasteiger partial charge is 0.323 e. The minimum absolute atomic E-state index is 0.134. The summed E-state index contributed by atoms with van der Waals surface area (Å²) < 4.78 is 0. The summed E-state index contributed by atoms with van der Waals surface area (Å²) in [6.45, 7) is 2.01. The lowest BCUT2D eigenvalue weighted by molar-refractivity contribution is -0.137. The summed E-state index contributed by atoms with van der Waals surface area (Å²) in [5.41, 5.74) is 0. The SMILES string of the molecule is O=C(O)CN(C(=O)NC1CCN2CCCCC12)C1CC1. The van der Waals surface area contributed by atoms with Crippen LogP contribution in [0.5, 0.6) is 0 Å². The first-order valence-corrected chi connectivity index (χ1v) is 7.68. The van der Waals surface area contributed by atoms with Crippen LogP contribution in [-0.2, 0) is 4.79 Å². The average Bonchev–Trinajstić information content (AvgIpc) is 3.19. The van der Waals surface area contributed by atoms with E-state index in [-0.39, 0.29) is 24.7 Å². The fourth-order valence-electron chi connectivity index (χ4n) is 3.56. The molecule has 2 unspecified atom stereocenters.